The molecule has 4 heteroatoms. The van der Waals surface area contributed by atoms with Crippen molar-refractivity contribution in [2.75, 3.05) is 26.7 Å². The van der Waals surface area contributed by atoms with Gasteiger partial charge in [0, 0.05) is 26.2 Å². The van der Waals surface area contributed by atoms with Gasteiger partial charge in [0.05, 0.1) is 12.0 Å². The molecule has 1 unspecified atom stereocenters. The van der Waals surface area contributed by atoms with Crippen LogP contribution in [0.2, 0.25) is 0 Å². The van der Waals surface area contributed by atoms with E-state index in [0.29, 0.717) is 12.5 Å². The van der Waals surface area contributed by atoms with Crippen molar-refractivity contribution >= 4 is 5.91 Å². The summed E-state index contributed by atoms with van der Waals surface area (Å²) in [6, 6.07) is 0.479. The van der Waals surface area contributed by atoms with E-state index in [0.717, 1.165) is 38.9 Å². The molecule has 1 N–H and O–H groups in total. The molecule has 2 rings (SSSR count). The topological polar surface area (TPSA) is 41.6 Å². The lowest BCUT2D eigenvalue weighted by Crippen LogP contribution is -2.51. The van der Waals surface area contributed by atoms with Gasteiger partial charge in [0.25, 0.3) is 0 Å². The maximum Gasteiger partial charge on any atom is 0.225 e. The number of likely N-dealkylation sites (tertiary alicyclic amines) is 1. The van der Waals surface area contributed by atoms with E-state index in [1.54, 1.807) is 7.11 Å². The Morgan fingerprint density at radius 3 is 2.78 bits per heavy atom. The van der Waals surface area contributed by atoms with Gasteiger partial charge in [0.1, 0.15) is 0 Å². The number of nitrogens with zero attached hydrogens (tertiary/aromatic N) is 1. The predicted octanol–water partition coefficient (Wildman–Crippen LogP) is 1.55. The number of likely N-dealkylation sites (N-methyl/N-ethyl adjacent to an activating group) is 1. The van der Waals surface area contributed by atoms with E-state index in [9.17, 15) is 4.79 Å². The number of hydrogen-bond donors (Lipinski definition) is 1. The maximum absolute atomic E-state index is 12.3. The molecule has 0 aromatic rings. The highest BCUT2D eigenvalue weighted by atomic mass is 16.5. The van der Waals surface area contributed by atoms with Crippen molar-refractivity contribution in [1.29, 1.82) is 0 Å². The summed E-state index contributed by atoms with van der Waals surface area (Å²) >= 11 is 0. The Balaban J connectivity index is 1.84. The molecule has 0 bridgehead atoms. The van der Waals surface area contributed by atoms with Crippen LogP contribution in [0.4, 0.5) is 0 Å². The van der Waals surface area contributed by atoms with E-state index in [2.05, 4.69) is 12.2 Å². The van der Waals surface area contributed by atoms with Gasteiger partial charge in [-0.15, -0.1) is 0 Å². The summed E-state index contributed by atoms with van der Waals surface area (Å²) < 4.78 is 5.55. The first-order chi connectivity index (χ1) is 8.69. The summed E-state index contributed by atoms with van der Waals surface area (Å²) in [7, 11) is 1.74. The zero-order valence-electron chi connectivity index (χ0n) is 11.7. The first-order valence-corrected chi connectivity index (χ1v) is 7.25. The Hall–Kier alpha value is -0.610. The molecule has 2 aliphatic rings. The molecule has 18 heavy (non-hydrogen) atoms. The monoisotopic (exact) mass is 254 g/mol. The highest BCUT2D eigenvalue weighted by Gasteiger charge is 2.40. The summed E-state index contributed by atoms with van der Waals surface area (Å²) in [5.74, 6) is 0.277. The SMILES string of the molecule is CCNC1CCCN(C(=O)CC2(OC)CCC2)C1. The maximum atomic E-state index is 12.3. The average molecular weight is 254 g/mol. The molecule has 1 atom stereocenters. The Morgan fingerprint density at radius 1 is 1.44 bits per heavy atom. The number of methoxy groups -OCH3 is 1. The molecule has 0 radical (unpaired) electrons. The van der Waals surface area contributed by atoms with Crippen LogP contribution in [-0.4, -0.2) is 49.2 Å². The first kappa shape index (κ1) is 13.8. The second-order valence-corrected chi connectivity index (χ2v) is 5.65. The molecule has 1 saturated heterocycles. The van der Waals surface area contributed by atoms with E-state index >= 15 is 0 Å². The lowest BCUT2D eigenvalue weighted by atomic mass is 9.77. The molecule has 1 saturated carbocycles. The van der Waals surface area contributed by atoms with Gasteiger partial charge in [-0.25, -0.2) is 0 Å². The Kier molecular flexibility index (Phi) is 4.62. The quantitative estimate of drug-likeness (QED) is 0.809. The predicted molar refractivity (Wildman–Crippen MR) is 71.5 cm³/mol. The van der Waals surface area contributed by atoms with Crippen molar-refractivity contribution in [2.45, 2.75) is 57.1 Å². The van der Waals surface area contributed by atoms with Crippen LogP contribution >= 0.6 is 0 Å². The Bertz CT molecular complexity index is 282. The summed E-state index contributed by atoms with van der Waals surface area (Å²) in [4.78, 5) is 14.4. The molecule has 2 fully saturated rings. The van der Waals surface area contributed by atoms with Crippen LogP contribution in [-0.2, 0) is 9.53 Å². The number of hydrogen-bond acceptors (Lipinski definition) is 3. The van der Waals surface area contributed by atoms with E-state index in [1.807, 2.05) is 4.90 Å². The van der Waals surface area contributed by atoms with E-state index in [4.69, 9.17) is 4.74 Å². The van der Waals surface area contributed by atoms with Crippen LogP contribution in [0.1, 0.15) is 45.4 Å². The standard InChI is InChI=1S/C14H26N2O2/c1-3-15-12-6-4-9-16(11-12)13(17)10-14(18-2)7-5-8-14/h12,15H,3-11H2,1-2H3. The normalized spacial score (nSPS) is 26.8. The van der Waals surface area contributed by atoms with Crippen molar-refractivity contribution in [3.8, 4) is 0 Å². The molecule has 104 valence electrons. The molecule has 4 nitrogen and oxygen atoms in total. The van der Waals surface area contributed by atoms with Crippen molar-refractivity contribution in [3.05, 3.63) is 0 Å². The molecular formula is C14H26N2O2. The molecule has 1 aliphatic carbocycles. The number of ether oxygens (including phenoxy) is 1. The summed E-state index contributed by atoms with van der Waals surface area (Å²) in [5, 5.41) is 3.45. The Labute approximate surface area is 110 Å². The van der Waals surface area contributed by atoms with Crippen LogP contribution < -0.4 is 5.32 Å². The Morgan fingerprint density at radius 2 is 2.22 bits per heavy atom. The van der Waals surface area contributed by atoms with Gasteiger partial charge >= 0.3 is 0 Å². The van der Waals surface area contributed by atoms with Gasteiger partial charge in [0.15, 0.2) is 0 Å². The highest BCUT2D eigenvalue weighted by molar-refractivity contribution is 5.77. The fourth-order valence-electron chi connectivity index (χ4n) is 3.07. The van der Waals surface area contributed by atoms with Crippen molar-refractivity contribution < 1.29 is 9.53 Å². The summed E-state index contributed by atoms with van der Waals surface area (Å²) in [6.07, 6.45) is 6.15. The largest absolute Gasteiger partial charge is 0.378 e. The van der Waals surface area contributed by atoms with E-state index in [1.165, 1.54) is 12.8 Å². The fraction of sp³-hybridized carbons (Fsp3) is 0.929. The number of piperidine rings is 1. The van der Waals surface area contributed by atoms with Crippen LogP contribution in [0.3, 0.4) is 0 Å². The zero-order valence-corrected chi connectivity index (χ0v) is 11.7. The molecule has 0 aromatic carbocycles. The van der Waals surface area contributed by atoms with Crippen molar-refractivity contribution in [1.82, 2.24) is 10.2 Å². The molecule has 1 aliphatic heterocycles. The van der Waals surface area contributed by atoms with Gasteiger partial charge in [-0.3, -0.25) is 4.79 Å². The third-order valence-corrected chi connectivity index (χ3v) is 4.44. The molecule has 0 aromatic heterocycles. The third kappa shape index (κ3) is 3.04. The molecule has 0 spiro atoms. The van der Waals surface area contributed by atoms with Crippen molar-refractivity contribution in [3.63, 3.8) is 0 Å². The smallest absolute Gasteiger partial charge is 0.225 e. The zero-order chi connectivity index (χ0) is 13.0. The lowest BCUT2D eigenvalue weighted by Gasteiger charge is -2.42. The van der Waals surface area contributed by atoms with Gasteiger partial charge in [-0.1, -0.05) is 6.92 Å². The summed E-state index contributed by atoms with van der Waals surface area (Å²) in [6.45, 7) is 4.89. The molecule has 1 heterocycles. The first-order valence-electron chi connectivity index (χ1n) is 7.25. The van der Waals surface area contributed by atoms with Crippen LogP contribution in [0.25, 0.3) is 0 Å². The molecule has 1 amide bonds. The van der Waals surface area contributed by atoms with Gasteiger partial charge in [0.2, 0.25) is 5.91 Å². The second kappa shape index (κ2) is 6.02. The van der Waals surface area contributed by atoms with E-state index < -0.39 is 0 Å². The minimum Gasteiger partial charge on any atom is -0.378 e. The second-order valence-electron chi connectivity index (χ2n) is 5.65. The van der Waals surface area contributed by atoms with Crippen LogP contribution in [0.15, 0.2) is 0 Å². The summed E-state index contributed by atoms with van der Waals surface area (Å²) in [5.41, 5.74) is -0.137. The fourth-order valence-corrected chi connectivity index (χ4v) is 3.07. The number of carbonyl (C=O) groups is 1. The van der Waals surface area contributed by atoms with Gasteiger partial charge < -0.3 is 15.0 Å². The number of nitrogens with one attached hydrogen (secondary N) is 1. The average Bonchev–Trinajstić information content (AvgIpc) is 2.34. The third-order valence-electron chi connectivity index (χ3n) is 4.44. The number of amides is 1. The van der Waals surface area contributed by atoms with Crippen molar-refractivity contribution in [2.24, 2.45) is 0 Å². The van der Waals surface area contributed by atoms with Crippen LogP contribution in [0.5, 0.6) is 0 Å². The van der Waals surface area contributed by atoms with Crippen LogP contribution in [0, 0.1) is 0 Å². The lowest BCUT2D eigenvalue weighted by molar-refractivity contribution is -0.145. The van der Waals surface area contributed by atoms with E-state index in [-0.39, 0.29) is 11.5 Å². The minimum atomic E-state index is -0.137. The van der Waals surface area contributed by atoms with Gasteiger partial charge in [-0.05, 0) is 38.6 Å². The number of carbonyl (C=O) groups excluding carboxylic acids is 1. The van der Waals surface area contributed by atoms with Gasteiger partial charge in [-0.2, -0.15) is 0 Å². The number of rotatable bonds is 5. The minimum absolute atomic E-state index is 0.137. The highest BCUT2D eigenvalue weighted by Crippen LogP contribution is 2.38. The molecular weight excluding hydrogens is 228 g/mol.